The van der Waals surface area contributed by atoms with Gasteiger partial charge in [0.15, 0.2) is 0 Å². The largest absolute Gasteiger partial charge is 0.496 e. The summed E-state index contributed by atoms with van der Waals surface area (Å²) in [5.41, 5.74) is 8.37. The van der Waals surface area contributed by atoms with Gasteiger partial charge in [0, 0.05) is 33.4 Å². The van der Waals surface area contributed by atoms with Crippen LogP contribution in [0.2, 0.25) is 0 Å². The Balaban J connectivity index is 1.93. The quantitative estimate of drug-likeness (QED) is 0.432. The lowest BCUT2D eigenvalue weighted by Gasteiger charge is -2.25. The standard InChI is InChI=1S/C25H26N2O/c1-16-10-9-14-21(17(16)2)27-25(20-12-6-8-15-23(20)28-4)24-18(3)26-22-13-7-5-11-19(22)24/h5-15,25-27H,1-4H3. The van der Waals surface area contributed by atoms with E-state index in [9.17, 15) is 0 Å². The number of aromatic amines is 1. The first kappa shape index (κ1) is 18.2. The number of hydrogen-bond acceptors (Lipinski definition) is 2. The number of anilines is 1. The third-order valence-corrected chi connectivity index (χ3v) is 5.59. The van der Waals surface area contributed by atoms with Crippen LogP contribution in [0.4, 0.5) is 5.69 Å². The van der Waals surface area contributed by atoms with Crippen LogP contribution in [-0.2, 0) is 0 Å². The number of ether oxygens (including phenoxy) is 1. The predicted octanol–water partition coefficient (Wildman–Crippen LogP) is 6.30. The number of benzene rings is 3. The number of aromatic nitrogens is 1. The number of nitrogens with one attached hydrogen (secondary N) is 2. The molecule has 0 aliphatic carbocycles. The Bertz CT molecular complexity index is 1130. The van der Waals surface area contributed by atoms with Crippen LogP contribution in [0.25, 0.3) is 10.9 Å². The maximum absolute atomic E-state index is 5.72. The van der Waals surface area contributed by atoms with Crippen molar-refractivity contribution in [1.29, 1.82) is 0 Å². The van der Waals surface area contributed by atoms with Gasteiger partial charge in [-0.15, -0.1) is 0 Å². The molecule has 0 spiro atoms. The number of aryl methyl sites for hydroxylation is 2. The van der Waals surface area contributed by atoms with E-state index in [0.29, 0.717) is 0 Å². The van der Waals surface area contributed by atoms with Crippen LogP contribution >= 0.6 is 0 Å². The molecule has 3 heteroatoms. The summed E-state index contributed by atoms with van der Waals surface area (Å²) in [6.45, 7) is 6.46. The highest BCUT2D eigenvalue weighted by Crippen LogP contribution is 2.38. The molecule has 0 fully saturated rings. The van der Waals surface area contributed by atoms with Gasteiger partial charge in [0.05, 0.1) is 13.2 Å². The van der Waals surface area contributed by atoms with E-state index in [1.165, 1.54) is 22.1 Å². The molecule has 0 radical (unpaired) electrons. The average Bonchev–Trinajstić information content (AvgIpc) is 3.05. The van der Waals surface area contributed by atoms with Crippen LogP contribution in [0.1, 0.15) is 34.0 Å². The van der Waals surface area contributed by atoms with Gasteiger partial charge in [0.1, 0.15) is 5.75 Å². The summed E-state index contributed by atoms with van der Waals surface area (Å²) >= 11 is 0. The van der Waals surface area contributed by atoms with Crippen molar-refractivity contribution in [3.05, 3.63) is 94.7 Å². The van der Waals surface area contributed by atoms with Gasteiger partial charge in [-0.1, -0.05) is 48.5 Å². The van der Waals surface area contributed by atoms with Crippen LogP contribution in [0.5, 0.6) is 5.75 Å². The molecule has 0 saturated heterocycles. The average molecular weight is 370 g/mol. The van der Waals surface area contributed by atoms with Gasteiger partial charge in [-0.25, -0.2) is 0 Å². The minimum absolute atomic E-state index is 0.0344. The lowest BCUT2D eigenvalue weighted by molar-refractivity contribution is 0.408. The number of H-pyrrole nitrogens is 1. The molecule has 1 aromatic heterocycles. The Labute approximate surface area is 166 Å². The molecule has 0 aliphatic heterocycles. The highest BCUT2D eigenvalue weighted by atomic mass is 16.5. The summed E-state index contributed by atoms with van der Waals surface area (Å²) in [6, 6.07) is 23.1. The second kappa shape index (κ2) is 7.43. The maximum Gasteiger partial charge on any atom is 0.124 e. The highest BCUT2D eigenvalue weighted by Gasteiger charge is 2.24. The zero-order valence-corrected chi connectivity index (χ0v) is 16.8. The molecule has 142 valence electrons. The van der Waals surface area contributed by atoms with Gasteiger partial charge in [0.25, 0.3) is 0 Å². The van der Waals surface area contributed by atoms with E-state index in [2.05, 4.69) is 85.7 Å². The first-order valence-corrected chi connectivity index (χ1v) is 9.63. The lowest BCUT2D eigenvalue weighted by atomic mass is 9.94. The maximum atomic E-state index is 5.72. The normalized spacial score (nSPS) is 12.1. The van der Waals surface area contributed by atoms with Gasteiger partial charge in [0.2, 0.25) is 0 Å². The third kappa shape index (κ3) is 3.13. The zero-order valence-electron chi connectivity index (χ0n) is 16.8. The van der Waals surface area contributed by atoms with Crippen LogP contribution in [0, 0.1) is 20.8 Å². The summed E-state index contributed by atoms with van der Waals surface area (Å²) in [5.74, 6) is 0.884. The molecule has 3 nitrogen and oxygen atoms in total. The van der Waals surface area contributed by atoms with E-state index < -0.39 is 0 Å². The van der Waals surface area contributed by atoms with Crippen molar-refractivity contribution < 1.29 is 4.74 Å². The summed E-state index contributed by atoms with van der Waals surface area (Å²) in [7, 11) is 1.73. The second-order valence-electron chi connectivity index (χ2n) is 7.28. The van der Waals surface area contributed by atoms with Gasteiger partial charge in [-0.3, -0.25) is 0 Å². The first-order chi connectivity index (χ1) is 13.6. The fourth-order valence-electron chi connectivity index (χ4n) is 3.94. The molecule has 4 aromatic rings. The fourth-order valence-corrected chi connectivity index (χ4v) is 3.94. The van der Waals surface area contributed by atoms with E-state index in [4.69, 9.17) is 4.74 Å². The van der Waals surface area contributed by atoms with E-state index in [0.717, 1.165) is 28.2 Å². The number of methoxy groups -OCH3 is 1. The van der Waals surface area contributed by atoms with E-state index in [-0.39, 0.29) is 6.04 Å². The number of para-hydroxylation sites is 2. The minimum atomic E-state index is -0.0344. The van der Waals surface area contributed by atoms with Crippen molar-refractivity contribution in [2.45, 2.75) is 26.8 Å². The molecule has 3 aromatic carbocycles. The Morgan fingerprint density at radius 2 is 1.61 bits per heavy atom. The molecule has 1 heterocycles. The smallest absolute Gasteiger partial charge is 0.124 e. The number of rotatable bonds is 5. The molecular weight excluding hydrogens is 344 g/mol. The van der Waals surface area contributed by atoms with Crippen molar-refractivity contribution >= 4 is 16.6 Å². The Kier molecular flexibility index (Phi) is 4.82. The lowest BCUT2D eigenvalue weighted by Crippen LogP contribution is -2.15. The van der Waals surface area contributed by atoms with Crippen molar-refractivity contribution in [3.63, 3.8) is 0 Å². The first-order valence-electron chi connectivity index (χ1n) is 9.63. The van der Waals surface area contributed by atoms with Crippen LogP contribution in [-0.4, -0.2) is 12.1 Å². The molecule has 1 unspecified atom stereocenters. The van der Waals surface area contributed by atoms with E-state index in [1.54, 1.807) is 7.11 Å². The van der Waals surface area contributed by atoms with Crippen molar-refractivity contribution in [3.8, 4) is 5.75 Å². The number of hydrogen-bond donors (Lipinski definition) is 2. The molecule has 0 saturated carbocycles. The van der Waals surface area contributed by atoms with Gasteiger partial charge in [-0.2, -0.15) is 0 Å². The van der Waals surface area contributed by atoms with Crippen LogP contribution < -0.4 is 10.1 Å². The molecule has 0 bridgehead atoms. The SMILES string of the molecule is COc1ccccc1C(Nc1cccc(C)c1C)c1c(C)[nH]c2ccccc12. The molecule has 28 heavy (non-hydrogen) atoms. The summed E-state index contributed by atoms with van der Waals surface area (Å²) < 4.78 is 5.72. The molecule has 0 amide bonds. The fraction of sp³-hybridized carbons (Fsp3) is 0.200. The van der Waals surface area contributed by atoms with Crippen molar-refractivity contribution in [2.75, 3.05) is 12.4 Å². The molecule has 0 aliphatic rings. The third-order valence-electron chi connectivity index (χ3n) is 5.59. The molecule has 2 N–H and O–H groups in total. The Morgan fingerprint density at radius 1 is 0.857 bits per heavy atom. The summed E-state index contributed by atoms with van der Waals surface area (Å²) in [5, 5.41) is 5.04. The van der Waals surface area contributed by atoms with Crippen LogP contribution in [0.3, 0.4) is 0 Å². The topological polar surface area (TPSA) is 37.0 Å². The Morgan fingerprint density at radius 3 is 2.43 bits per heavy atom. The second-order valence-corrected chi connectivity index (χ2v) is 7.28. The van der Waals surface area contributed by atoms with Crippen molar-refractivity contribution in [2.24, 2.45) is 0 Å². The predicted molar refractivity (Wildman–Crippen MR) is 117 cm³/mol. The van der Waals surface area contributed by atoms with Crippen LogP contribution in [0.15, 0.2) is 66.7 Å². The summed E-state index contributed by atoms with van der Waals surface area (Å²) in [6.07, 6.45) is 0. The molecular formula is C25H26N2O. The minimum Gasteiger partial charge on any atom is -0.496 e. The molecule has 1 atom stereocenters. The van der Waals surface area contributed by atoms with Crippen molar-refractivity contribution in [1.82, 2.24) is 4.98 Å². The number of fused-ring (bicyclic) bond motifs is 1. The highest BCUT2D eigenvalue weighted by molar-refractivity contribution is 5.86. The van der Waals surface area contributed by atoms with Gasteiger partial charge >= 0.3 is 0 Å². The summed E-state index contributed by atoms with van der Waals surface area (Å²) in [4.78, 5) is 3.55. The van der Waals surface area contributed by atoms with E-state index in [1.807, 2.05) is 12.1 Å². The Hall–Kier alpha value is -3.20. The zero-order chi connectivity index (χ0) is 19.7. The van der Waals surface area contributed by atoms with Gasteiger partial charge < -0.3 is 15.0 Å². The van der Waals surface area contributed by atoms with Gasteiger partial charge in [-0.05, 0) is 50.1 Å². The van der Waals surface area contributed by atoms with E-state index >= 15 is 0 Å². The monoisotopic (exact) mass is 370 g/mol. The molecule has 4 rings (SSSR count).